The number of carbonyl (C=O) groups is 1. The normalized spacial score (nSPS) is 11.3. The highest BCUT2D eigenvalue weighted by molar-refractivity contribution is 8.05. The fourth-order valence-corrected chi connectivity index (χ4v) is 1.78. The number of halogens is 1. The van der Waals surface area contributed by atoms with E-state index in [1.807, 2.05) is 0 Å². The maximum atomic E-state index is 11.4. The van der Waals surface area contributed by atoms with Crippen LogP contribution in [0.1, 0.15) is 15.9 Å². The van der Waals surface area contributed by atoms with E-state index in [0.717, 1.165) is 0 Å². The average molecular weight is 234 g/mol. The highest BCUT2D eigenvalue weighted by atomic mass is 35.5. The lowest BCUT2D eigenvalue weighted by atomic mass is 10.1. The molecule has 0 aliphatic heterocycles. The Morgan fingerprint density at radius 2 is 1.93 bits per heavy atom. The maximum Gasteiger partial charge on any atom is 0.293 e. The van der Waals surface area contributed by atoms with Crippen LogP contribution in [0.4, 0.5) is 0 Å². The molecule has 0 radical (unpaired) electrons. The van der Waals surface area contributed by atoms with Crippen LogP contribution in [0.5, 0.6) is 0 Å². The zero-order valence-electron chi connectivity index (χ0n) is 7.32. The van der Waals surface area contributed by atoms with Gasteiger partial charge in [0.1, 0.15) is 0 Å². The van der Waals surface area contributed by atoms with Crippen molar-refractivity contribution in [3.05, 3.63) is 35.4 Å². The molecular formula is C8H8ClNO3S. The number of nitrogens with one attached hydrogen (secondary N) is 1. The van der Waals surface area contributed by atoms with Crippen LogP contribution in [0.25, 0.3) is 0 Å². The summed E-state index contributed by atoms with van der Waals surface area (Å²) in [5, 5.41) is -1.02. The Kier molecular flexibility index (Phi) is 3.25. The van der Waals surface area contributed by atoms with E-state index in [1.165, 1.54) is 10.3 Å². The van der Waals surface area contributed by atoms with Gasteiger partial charge in [-0.15, -0.1) is 4.24 Å². The Labute approximate surface area is 87.0 Å². The summed E-state index contributed by atoms with van der Waals surface area (Å²) in [6.45, 7) is 1.65. The van der Waals surface area contributed by atoms with Gasteiger partial charge < -0.3 is 0 Å². The van der Waals surface area contributed by atoms with Crippen LogP contribution in [0.3, 0.4) is 0 Å². The van der Waals surface area contributed by atoms with Gasteiger partial charge in [-0.3, -0.25) is 4.79 Å². The quantitative estimate of drug-likeness (QED) is 0.781. The maximum absolute atomic E-state index is 11.4. The lowest BCUT2D eigenvalue weighted by molar-refractivity contribution is 0.107. The fraction of sp³-hybridized carbons (Fsp3) is 0.125. The van der Waals surface area contributed by atoms with E-state index in [2.05, 4.69) is 0 Å². The summed E-state index contributed by atoms with van der Waals surface area (Å²) in [5.41, 5.74) is 0.716. The Balaban J connectivity index is 3.21. The Morgan fingerprint density at radius 3 is 2.43 bits per heavy atom. The minimum absolute atomic E-state index is 0.126. The van der Waals surface area contributed by atoms with Crippen LogP contribution >= 0.6 is 11.8 Å². The minimum atomic E-state index is -4.10. The summed E-state index contributed by atoms with van der Waals surface area (Å²) in [5.74, 6) is 0. The van der Waals surface area contributed by atoms with Crippen molar-refractivity contribution in [2.75, 3.05) is 0 Å². The molecule has 4 nitrogen and oxygen atoms in total. The molecule has 0 aliphatic carbocycles. The summed E-state index contributed by atoms with van der Waals surface area (Å²) in [6.07, 6.45) is 0. The Bertz CT molecular complexity index is 455. The van der Waals surface area contributed by atoms with E-state index in [9.17, 15) is 13.2 Å². The van der Waals surface area contributed by atoms with Gasteiger partial charge >= 0.3 is 0 Å². The monoisotopic (exact) mass is 233 g/mol. The van der Waals surface area contributed by atoms with Gasteiger partial charge in [0.2, 0.25) is 0 Å². The Morgan fingerprint density at radius 1 is 1.36 bits per heavy atom. The summed E-state index contributed by atoms with van der Waals surface area (Å²) < 4.78 is 23.6. The topological polar surface area (TPSA) is 63.2 Å². The van der Waals surface area contributed by atoms with Crippen LogP contribution in [0.15, 0.2) is 24.3 Å². The molecule has 0 unspecified atom stereocenters. The van der Waals surface area contributed by atoms with Gasteiger partial charge in [-0.2, -0.15) is 0 Å². The lowest BCUT2D eigenvalue weighted by Gasteiger charge is -2.02. The van der Waals surface area contributed by atoms with Crippen LogP contribution in [0, 0.1) is 6.92 Å². The lowest BCUT2D eigenvalue weighted by Crippen LogP contribution is -2.24. The molecule has 0 saturated heterocycles. The molecule has 14 heavy (non-hydrogen) atoms. The van der Waals surface area contributed by atoms with Crippen molar-refractivity contribution in [3.8, 4) is 0 Å². The fourth-order valence-electron chi connectivity index (χ4n) is 0.982. The van der Waals surface area contributed by atoms with Crippen LogP contribution in [-0.4, -0.2) is 13.5 Å². The van der Waals surface area contributed by atoms with Crippen molar-refractivity contribution in [2.24, 2.45) is 0 Å². The molecule has 0 spiro atoms. The summed E-state index contributed by atoms with van der Waals surface area (Å²) in [6, 6.07) is 6.39. The molecule has 1 rings (SSSR count). The smallest absolute Gasteiger partial charge is 0.274 e. The molecule has 1 aromatic rings. The van der Waals surface area contributed by atoms with E-state index in [1.54, 1.807) is 25.1 Å². The Hall–Kier alpha value is -0.910. The molecule has 76 valence electrons. The SMILES string of the molecule is Cc1ccccc1C(=O)S(=O)(=O)NCl. The second-order valence-corrected chi connectivity index (χ2v) is 4.68. The van der Waals surface area contributed by atoms with Crippen LogP contribution < -0.4 is 4.24 Å². The minimum Gasteiger partial charge on any atom is -0.274 e. The number of hydrogen-bond acceptors (Lipinski definition) is 3. The van der Waals surface area contributed by atoms with Gasteiger partial charge in [0.15, 0.2) is 0 Å². The van der Waals surface area contributed by atoms with Gasteiger partial charge in [0.25, 0.3) is 15.1 Å². The molecule has 0 aromatic heterocycles. The van der Waals surface area contributed by atoms with E-state index in [-0.39, 0.29) is 5.56 Å². The number of carbonyl (C=O) groups excluding carboxylic acids is 1. The molecule has 1 aromatic carbocycles. The first-order valence-electron chi connectivity index (χ1n) is 3.71. The number of hydrogen-bond donors (Lipinski definition) is 1. The van der Waals surface area contributed by atoms with E-state index >= 15 is 0 Å². The molecule has 0 saturated carbocycles. The van der Waals surface area contributed by atoms with Crippen molar-refractivity contribution < 1.29 is 13.2 Å². The van der Waals surface area contributed by atoms with Gasteiger partial charge in [-0.1, -0.05) is 18.2 Å². The third kappa shape index (κ3) is 2.12. The van der Waals surface area contributed by atoms with Gasteiger partial charge in [0, 0.05) is 5.56 Å². The largest absolute Gasteiger partial charge is 0.293 e. The molecule has 0 amide bonds. The standard InChI is InChI=1S/C8H8ClNO3S/c1-6-4-2-3-5-7(6)8(11)14(12,13)10-9/h2-5,10H,1H3. The second kappa shape index (κ2) is 4.08. The van der Waals surface area contributed by atoms with Crippen molar-refractivity contribution >= 4 is 26.9 Å². The molecule has 0 aliphatic rings. The van der Waals surface area contributed by atoms with Crippen molar-refractivity contribution in [1.29, 1.82) is 0 Å². The first kappa shape index (κ1) is 11.2. The molecule has 0 fully saturated rings. The molecule has 1 N–H and O–H groups in total. The third-order valence-corrected chi connectivity index (χ3v) is 3.23. The predicted octanol–water partition coefficient (Wildman–Crippen LogP) is 1.21. The first-order chi connectivity index (χ1) is 6.49. The van der Waals surface area contributed by atoms with Gasteiger partial charge in [-0.05, 0) is 30.3 Å². The second-order valence-electron chi connectivity index (χ2n) is 2.68. The van der Waals surface area contributed by atoms with Gasteiger partial charge in [0.05, 0.1) is 0 Å². The number of aryl methyl sites for hydroxylation is 1. The van der Waals surface area contributed by atoms with E-state index in [0.29, 0.717) is 5.56 Å². The molecule has 0 bridgehead atoms. The van der Waals surface area contributed by atoms with Crippen LogP contribution in [-0.2, 0) is 10.0 Å². The summed E-state index contributed by atoms with van der Waals surface area (Å²) in [4.78, 5) is 11.4. The molecular weight excluding hydrogens is 226 g/mol. The van der Waals surface area contributed by atoms with E-state index in [4.69, 9.17) is 11.8 Å². The van der Waals surface area contributed by atoms with Crippen molar-refractivity contribution in [1.82, 2.24) is 4.24 Å². The number of rotatable bonds is 2. The first-order valence-corrected chi connectivity index (χ1v) is 5.57. The van der Waals surface area contributed by atoms with E-state index < -0.39 is 15.1 Å². The van der Waals surface area contributed by atoms with Gasteiger partial charge in [-0.25, -0.2) is 8.42 Å². The van der Waals surface area contributed by atoms with Crippen molar-refractivity contribution in [2.45, 2.75) is 6.92 Å². The summed E-state index contributed by atoms with van der Waals surface area (Å²) in [7, 11) is -4.10. The number of benzene rings is 1. The van der Waals surface area contributed by atoms with Crippen LogP contribution in [0.2, 0.25) is 0 Å². The zero-order chi connectivity index (χ0) is 10.8. The zero-order valence-corrected chi connectivity index (χ0v) is 8.89. The van der Waals surface area contributed by atoms with Crippen molar-refractivity contribution in [3.63, 3.8) is 0 Å². The highest BCUT2D eigenvalue weighted by Gasteiger charge is 2.23. The summed E-state index contributed by atoms with van der Waals surface area (Å²) >= 11 is 4.93. The molecule has 0 heterocycles. The molecule has 0 atom stereocenters. The average Bonchev–Trinajstić information content (AvgIpc) is 2.17. The number of sulfonamides is 1. The predicted molar refractivity (Wildman–Crippen MR) is 53.4 cm³/mol. The highest BCUT2D eigenvalue weighted by Crippen LogP contribution is 2.10. The molecule has 6 heteroatoms. The third-order valence-electron chi connectivity index (χ3n) is 1.71.